The van der Waals surface area contributed by atoms with Crippen molar-refractivity contribution >= 4 is 11.7 Å². The van der Waals surface area contributed by atoms with Gasteiger partial charge in [0.2, 0.25) is 0 Å². The predicted molar refractivity (Wildman–Crippen MR) is 62.0 cm³/mol. The molecule has 0 saturated heterocycles. The third kappa shape index (κ3) is 2.48. The Bertz CT molecular complexity index is 568. The second-order valence-corrected chi connectivity index (χ2v) is 3.79. The molecule has 2 rings (SSSR count). The summed E-state index contributed by atoms with van der Waals surface area (Å²) < 4.78 is 18.4. The van der Waals surface area contributed by atoms with Crippen LogP contribution in [0.25, 0.3) is 0 Å². The Balaban J connectivity index is 2.13. The first-order valence-corrected chi connectivity index (χ1v) is 5.22. The van der Waals surface area contributed by atoms with Crippen LogP contribution >= 0.6 is 0 Å². The molecule has 0 atom stereocenters. The molecule has 0 fully saturated rings. The molecule has 0 aliphatic heterocycles. The number of nitrogens with zero attached hydrogens (tertiary/aromatic N) is 2. The van der Waals surface area contributed by atoms with E-state index >= 15 is 0 Å². The Morgan fingerprint density at radius 1 is 1.50 bits per heavy atom. The molecular weight excluding hydrogens is 239 g/mol. The minimum atomic E-state index is -1.15. The summed E-state index contributed by atoms with van der Waals surface area (Å²) in [5.41, 5.74) is 0.248. The van der Waals surface area contributed by atoms with Gasteiger partial charge in [0, 0.05) is 13.1 Å². The Labute approximate surface area is 102 Å². The average molecular weight is 250 g/mol. The predicted octanol–water partition coefficient (Wildman–Crippen LogP) is 2.15. The summed E-state index contributed by atoms with van der Waals surface area (Å²) in [6, 6.07) is 7.63. The van der Waals surface area contributed by atoms with Crippen LogP contribution in [-0.2, 0) is 6.54 Å². The average Bonchev–Trinajstić information content (AvgIpc) is 2.78. The van der Waals surface area contributed by atoms with E-state index < -0.39 is 5.97 Å². The summed E-state index contributed by atoms with van der Waals surface area (Å²) >= 11 is 0. The number of benzene rings is 1. The molecule has 18 heavy (non-hydrogen) atoms. The van der Waals surface area contributed by atoms with Gasteiger partial charge in [-0.1, -0.05) is 17.3 Å². The van der Waals surface area contributed by atoms with Crippen LogP contribution in [0, 0.1) is 5.82 Å². The number of halogens is 1. The van der Waals surface area contributed by atoms with E-state index in [0.29, 0.717) is 11.4 Å². The van der Waals surface area contributed by atoms with Gasteiger partial charge in [-0.25, -0.2) is 9.18 Å². The van der Waals surface area contributed by atoms with Crippen molar-refractivity contribution in [3.05, 3.63) is 47.6 Å². The molecule has 0 saturated carbocycles. The Hall–Kier alpha value is -2.37. The number of carboxylic acids is 1. The molecular formula is C12H11FN2O3. The Morgan fingerprint density at radius 3 is 2.83 bits per heavy atom. The van der Waals surface area contributed by atoms with Gasteiger partial charge in [-0.2, -0.15) is 0 Å². The highest BCUT2D eigenvalue weighted by atomic mass is 19.1. The SMILES string of the molecule is CN(Cc1cc(C(=O)O)no1)c1ccccc1F. The summed E-state index contributed by atoms with van der Waals surface area (Å²) in [5.74, 6) is -1.14. The van der Waals surface area contributed by atoms with Gasteiger partial charge < -0.3 is 14.5 Å². The van der Waals surface area contributed by atoms with Gasteiger partial charge in [0.25, 0.3) is 0 Å². The van der Waals surface area contributed by atoms with Crippen LogP contribution in [0.4, 0.5) is 10.1 Å². The standard InChI is InChI=1S/C12H11FN2O3/c1-15(11-5-3-2-4-9(11)13)7-8-6-10(12(16)17)14-18-8/h2-6H,7H2,1H3,(H,16,17). The van der Waals surface area contributed by atoms with Gasteiger partial charge in [-0.3, -0.25) is 0 Å². The molecule has 0 aliphatic rings. The molecule has 0 spiro atoms. The molecule has 2 aromatic rings. The monoisotopic (exact) mass is 250 g/mol. The molecule has 1 aromatic carbocycles. The second-order valence-electron chi connectivity index (χ2n) is 3.79. The third-order valence-corrected chi connectivity index (χ3v) is 2.43. The van der Waals surface area contributed by atoms with Gasteiger partial charge >= 0.3 is 5.97 Å². The number of rotatable bonds is 4. The number of anilines is 1. The lowest BCUT2D eigenvalue weighted by Crippen LogP contribution is -2.17. The summed E-state index contributed by atoms with van der Waals surface area (Å²) in [7, 11) is 1.68. The van der Waals surface area contributed by atoms with Gasteiger partial charge in [0.15, 0.2) is 11.5 Å². The van der Waals surface area contributed by atoms with Crippen LogP contribution < -0.4 is 4.90 Å². The van der Waals surface area contributed by atoms with Crippen molar-refractivity contribution in [2.75, 3.05) is 11.9 Å². The molecule has 6 heteroatoms. The van der Waals surface area contributed by atoms with Gasteiger partial charge in [-0.05, 0) is 12.1 Å². The van der Waals surface area contributed by atoms with Crippen LogP contribution in [0.5, 0.6) is 0 Å². The first-order chi connectivity index (χ1) is 8.58. The van der Waals surface area contributed by atoms with E-state index in [0.717, 1.165) is 0 Å². The molecule has 0 radical (unpaired) electrons. The van der Waals surface area contributed by atoms with Crippen molar-refractivity contribution in [2.45, 2.75) is 6.54 Å². The topological polar surface area (TPSA) is 66.6 Å². The minimum Gasteiger partial charge on any atom is -0.476 e. The number of hydrogen-bond acceptors (Lipinski definition) is 4. The van der Waals surface area contributed by atoms with Crippen molar-refractivity contribution in [2.24, 2.45) is 0 Å². The van der Waals surface area contributed by atoms with E-state index in [4.69, 9.17) is 9.63 Å². The zero-order valence-electron chi connectivity index (χ0n) is 9.63. The Morgan fingerprint density at radius 2 is 2.22 bits per heavy atom. The second kappa shape index (κ2) is 4.87. The minimum absolute atomic E-state index is 0.160. The lowest BCUT2D eigenvalue weighted by Gasteiger charge is -2.17. The fourth-order valence-corrected chi connectivity index (χ4v) is 1.57. The number of aromatic nitrogens is 1. The molecule has 94 valence electrons. The first-order valence-electron chi connectivity index (χ1n) is 5.22. The van der Waals surface area contributed by atoms with Gasteiger partial charge in [0.05, 0.1) is 12.2 Å². The third-order valence-electron chi connectivity index (χ3n) is 2.43. The first kappa shape index (κ1) is 12.1. The summed E-state index contributed by atoms with van der Waals surface area (Å²) in [4.78, 5) is 12.2. The highest BCUT2D eigenvalue weighted by molar-refractivity contribution is 5.85. The largest absolute Gasteiger partial charge is 0.476 e. The van der Waals surface area contributed by atoms with Crippen molar-refractivity contribution in [1.82, 2.24) is 5.16 Å². The van der Waals surface area contributed by atoms with Gasteiger partial charge in [-0.15, -0.1) is 0 Å². The maximum absolute atomic E-state index is 13.5. The van der Waals surface area contributed by atoms with E-state index in [1.165, 1.54) is 12.1 Å². The summed E-state index contributed by atoms with van der Waals surface area (Å²) in [5, 5.41) is 12.1. The normalized spacial score (nSPS) is 10.3. The quantitative estimate of drug-likeness (QED) is 0.900. The smallest absolute Gasteiger partial charge is 0.358 e. The molecule has 5 nitrogen and oxygen atoms in total. The molecule has 1 aromatic heterocycles. The lowest BCUT2D eigenvalue weighted by atomic mass is 10.2. The fraction of sp³-hybridized carbons (Fsp3) is 0.167. The van der Waals surface area contributed by atoms with Crippen molar-refractivity contribution < 1.29 is 18.8 Å². The zero-order valence-corrected chi connectivity index (χ0v) is 9.63. The zero-order chi connectivity index (χ0) is 13.1. The number of carboxylic acid groups (broad SMARTS) is 1. The number of aromatic carboxylic acids is 1. The highest BCUT2D eigenvalue weighted by Gasteiger charge is 2.13. The van der Waals surface area contributed by atoms with Crippen LogP contribution in [0.15, 0.2) is 34.9 Å². The molecule has 0 aliphatic carbocycles. The summed E-state index contributed by atoms with van der Waals surface area (Å²) in [6.45, 7) is 0.237. The summed E-state index contributed by atoms with van der Waals surface area (Å²) in [6.07, 6.45) is 0. The van der Waals surface area contributed by atoms with Crippen molar-refractivity contribution in [1.29, 1.82) is 0 Å². The highest BCUT2D eigenvalue weighted by Crippen LogP contribution is 2.19. The van der Waals surface area contributed by atoms with E-state index in [-0.39, 0.29) is 18.1 Å². The molecule has 1 heterocycles. The van der Waals surface area contributed by atoms with Crippen LogP contribution in [-0.4, -0.2) is 23.3 Å². The molecule has 1 N–H and O–H groups in total. The van der Waals surface area contributed by atoms with E-state index in [9.17, 15) is 9.18 Å². The molecule has 0 amide bonds. The van der Waals surface area contributed by atoms with E-state index in [1.807, 2.05) is 0 Å². The van der Waals surface area contributed by atoms with Crippen molar-refractivity contribution in [3.63, 3.8) is 0 Å². The van der Waals surface area contributed by atoms with E-state index in [2.05, 4.69) is 5.16 Å². The maximum atomic E-state index is 13.5. The number of carbonyl (C=O) groups is 1. The lowest BCUT2D eigenvalue weighted by molar-refractivity contribution is 0.0685. The van der Waals surface area contributed by atoms with E-state index in [1.54, 1.807) is 30.1 Å². The number of para-hydroxylation sites is 1. The van der Waals surface area contributed by atoms with Crippen LogP contribution in [0.2, 0.25) is 0 Å². The van der Waals surface area contributed by atoms with Crippen LogP contribution in [0.3, 0.4) is 0 Å². The Kier molecular flexibility index (Phi) is 3.27. The van der Waals surface area contributed by atoms with Crippen LogP contribution in [0.1, 0.15) is 16.2 Å². The molecule has 0 bridgehead atoms. The molecule has 0 unspecified atom stereocenters. The van der Waals surface area contributed by atoms with Crippen molar-refractivity contribution in [3.8, 4) is 0 Å². The maximum Gasteiger partial charge on any atom is 0.358 e. The number of hydrogen-bond donors (Lipinski definition) is 1. The fourth-order valence-electron chi connectivity index (χ4n) is 1.57. The van der Waals surface area contributed by atoms with Gasteiger partial charge in [0.1, 0.15) is 5.82 Å².